The molecule has 0 heterocycles. The number of benzene rings is 2. The lowest BCUT2D eigenvalue weighted by Crippen LogP contribution is -2.14. The molecule has 0 spiro atoms. The molecule has 0 fully saturated rings. The molecular formula is C14H14FNO3S. The second-order valence-electron chi connectivity index (χ2n) is 4.49. The molecule has 2 aromatic rings. The summed E-state index contributed by atoms with van der Waals surface area (Å²) in [6, 6.07) is 8.30. The molecule has 106 valence electrons. The van der Waals surface area contributed by atoms with Crippen molar-refractivity contribution in [2.45, 2.75) is 18.7 Å². The lowest BCUT2D eigenvalue weighted by molar-refractivity contribution is 0.477. The second-order valence-corrected chi connectivity index (χ2v) is 6.17. The predicted octanol–water partition coefficient (Wildman–Crippen LogP) is 2.95. The van der Waals surface area contributed by atoms with Crippen LogP contribution in [0.25, 0.3) is 0 Å². The van der Waals surface area contributed by atoms with E-state index in [2.05, 4.69) is 4.72 Å². The molecule has 0 atom stereocenters. The summed E-state index contributed by atoms with van der Waals surface area (Å²) in [5, 5.41) is 9.70. The maximum absolute atomic E-state index is 13.5. The van der Waals surface area contributed by atoms with Crippen LogP contribution in [0, 0.1) is 19.7 Å². The number of aromatic hydroxyl groups is 1. The minimum atomic E-state index is -3.95. The number of hydrogen-bond acceptors (Lipinski definition) is 3. The van der Waals surface area contributed by atoms with Crippen LogP contribution in [0.1, 0.15) is 11.1 Å². The summed E-state index contributed by atoms with van der Waals surface area (Å²) in [6.07, 6.45) is 0. The van der Waals surface area contributed by atoms with E-state index in [0.717, 1.165) is 6.07 Å². The molecule has 2 aromatic carbocycles. The first-order chi connectivity index (χ1) is 9.31. The summed E-state index contributed by atoms with van der Waals surface area (Å²) in [6.45, 7) is 3.21. The van der Waals surface area contributed by atoms with Gasteiger partial charge in [-0.25, -0.2) is 12.8 Å². The Morgan fingerprint density at radius 2 is 1.80 bits per heavy atom. The van der Waals surface area contributed by atoms with Crippen molar-refractivity contribution in [2.75, 3.05) is 4.72 Å². The number of sulfonamides is 1. The minimum absolute atomic E-state index is 0.0912. The van der Waals surface area contributed by atoms with Crippen molar-refractivity contribution in [3.63, 3.8) is 0 Å². The molecule has 0 saturated carbocycles. The average molecular weight is 295 g/mol. The van der Waals surface area contributed by atoms with Gasteiger partial charge in [0.1, 0.15) is 11.6 Å². The molecular weight excluding hydrogens is 281 g/mol. The molecule has 0 amide bonds. The summed E-state index contributed by atoms with van der Waals surface area (Å²) >= 11 is 0. The number of halogens is 1. The van der Waals surface area contributed by atoms with Crippen LogP contribution in [0.2, 0.25) is 0 Å². The van der Waals surface area contributed by atoms with Gasteiger partial charge in [-0.3, -0.25) is 4.72 Å². The molecule has 0 aliphatic rings. The van der Waals surface area contributed by atoms with Gasteiger partial charge in [0.25, 0.3) is 10.0 Å². The zero-order chi connectivity index (χ0) is 14.9. The third-order valence-corrected chi connectivity index (χ3v) is 4.29. The second kappa shape index (κ2) is 5.13. The molecule has 0 bridgehead atoms. The van der Waals surface area contributed by atoms with E-state index < -0.39 is 15.8 Å². The van der Waals surface area contributed by atoms with Crippen molar-refractivity contribution in [1.82, 2.24) is 0 Å². The summed E-state index contributed by atoms with van der Waals surface area (Å²) < 4.78 is 40.1. The smallest absolute Gasteiger partial charge is 0.262 e. The Balaban J connectivity index is 2.43. The largest absolute Gasteiger partial charge is 0.506 e. The highest BCUT2D eigenvalue weighted by atomic mass is 32.2. The monoisotopic (exact) mass is 295 g/mol. The Labute approximate surface area is 116 Å². The molecule has 6 heteroatoms. The van der Waals surface area contributed by atoms with Crippen LogP contribution >= 0.6 is 0 Å². The highest BCUT2D eigenvalue weighted by Gasteiger charge is 2.18. The first kappa shape index (κ1) is 14.3. The fraction of sp³-hybridized carbons (Fsp3) is 0.143. The molecule has 0 saturated heterocycles. The van der Waals surface area contributed by atoms with E-state index in [1.54, 1.807) is 26.0 Å². The van der Waals surface area contributed by atoms with Gasteiger partial charge in [0.15, 0.2) is 0 Å². The van der Waals surface area contributed by atoms with Gasteiger partial charge in [-0.05, 0) is 43.2 Å². The van der Waals surface area contributed by atoms with Gasteiger partial charge in [-0.15, -0.1) is 0 Å². The van der Waals surface area contributed by atoms with Crippen LogP contribution in [0.4, 0.5) is 10.1 Å². The van der Waals surface area contributed by atoms with Crippen LogP contribution in [0.15, 0.2) is 41.3 Å². The van der Waals surface area contributed by atoms with E-state index in [4.69, 9.17) is 0 Å². The number of nitrogens with one attached hydrogen (secondary N) is 1. The van der Waals surface area contributed by atoms with Gasteiger partial charge in [-0.1, -0.05) is 18.2 Å². The van der Waals surface area contributed by atoms with E-state index in [1.807, 2.05) is 0 Å². The van der Waals surface area contributed by atoms with Crippen molar-refractivity contribution in [2.24, 2.45) is 0 Å². The molecule has 0 aliphatic heterocycles. The third-order valence-electron chi connectivity index (χ3n) is 2.94. The summed E-state index contributed by atoms with van der Waals surface area (Å²) in [7, 11) is -3.95. The van der Waals surface area contributed by atoms with Crippen LogP contribution in [0.3, 0.4) is 0 Å². The number of hydrogen-bond donors (Lipinski definition) is 2. The molecule has 4 nitrogen and oxygen atoms in total. The van der Waals surface area contributed by atoms with E-state index in [0.29, 0.717) is 11.1 Å². The fourth-order valence-electron chi connectivity index (χ4n) is 1.72. The zero-order valence-electron chi connectivity index (χ0n) is 11.0. The van der Waals surface area contributed by atoms with Gasteiger partial charge in [-0.2, -0.15) is 0 Å². The quantitative estimate of drug-likeness (QED) is 0.856. The number of rotatable bonds is 3. The van der Waals surface area contributed by atoms with Crippen molar-refractivity contribution in [3.8, 4) is 5.75 Å². The maximum atomic E-state index is 13.5. The normalized spacial score (nSPS) is 11.3. The van der Waals surface area contributed by atoms with Crippen LogP contribution in [0.5, 0.6) is 5.75 Å². The van der Waals surface area contributed by atoms with Crippen molar-refractivity contribution >= 4 is 15.7 Å². The number of para-hydroxylation sites is 1. The number of phenolic OH excluding ortho intramolecular Hbond substituents is 1. The molecule has 0 aliphatic carbocycles. The third kappa shape index (κ3) is 2.75. The van der Waals surface area contributed by atoms with Crippen molar-refractivity contribution < 1.29 is 17.9 Å². The minimum Gasteiger partial charge on any atom is -0.506 e. The van der Waals surface area contributed by atoms with Crippen LogP contribution in [-0.4, -0.2) is 13.5 Å². The van der Waals surface area contributed by atoms with Crippen LogP contribution in [-0.2, 0) is 10.0 Å². The van der Waals surface area contributed by atoms with E-state index in [9.17, 15) is 17.9 Å². The fourth-order valence-corrected chi connectivity index (χ4v) is 2.88. The van der Waals surface area contributed by atoms with Crippen LogP contribution < -0.4 is 4.72 Å². The molecule has 0 unspecified atom stereocenters. The topological polar surface area (TPSA) is 66.4 Å². The number of anilines is 1. The molecule has 0 radical (unpaired) electrons. The van der Waals surface area contributed by atoms with Gasteiger partial charge in [0, 0.05) is 0 Å². The lowest BCUT2D eigenvalue weighted by Gasteiger charge is -2.12. The predicted molar refractivity (Wildman–Crippen MR) is 74.8 cm³/mol. The summed E-state index contributed by atoms with van der Waals surface area (Å²) in [5.74, 6) is -0.775. The highest BCUT2D eigenvalue weighted by molar-refractivity contribution is 7.92. The Morgan fingerprint density at radius 1 is 1.10 bits per heavy atom. The van der Waals surface area contributed by atoms with Crippen molar-refractivity contribution in [1.29, 1.82) is 0 Å². The standard InChI is InChI=1S/C14H14FNO3S/c1-9-6-7-11(8-12(9)15)20(18,19)16-14-10(2)4-3-5-13(14)17/h3-8,16-17H,1-2H3. The van der Waals surface area contributed by atoms with E-state index in [1.165, 1.54) is 18.2 Å². The summed E-state index contributed by atoms with van der Waals surface area (Å²) in [4.78, 5) is -0.191. The lowest BCUT2D eigenvalue weighted by atomic mass is 10.2. The highest BCUT2D eigenvalue weighted by Crippen LogP contribution is 2.29. The van der Waals surface area contributed by atoms with Crippen molar-refractivity contribution in [3.05, 3.63) is 53.3 Å². The number of phenols is 1. The summed E-state index contributed by atoms with van der Waals surface area (Å²) in [5.41, 5.74) is 1.03. The molecule has 2 rings (SSSR count). The van der Waals surface area contributed by atoms with Gasteiger partial charge in [0.2, 0.25) is 0 Å². The Kier molecular flexibility index (Phi) is 3.67. The van der Waals surface area contributed by atoms with Gasteiger partial charge >= 0.3 is 0 Å². The zero-order valence-corrected chi connectivity index (χ0v) is 11.8. The Bertz CT molecular complexity index is 737. The van der Waals surface area contributed by atoms with Gasteiger partial charge < -0.3 is 5.11 Å². The average Bonchev–Trinajstić information content (AvgIpc) is 2.37. The first-order valence-corrected chi connectivity index (χ1v) is 7.37. The molecule has 2 N–H and O–H groups in total. The van der Waals surface area contributed by atoms with E-state index in [-0.39, 0.29) is 16.3 Å². The Hall–Kier alpha value is -2.08. The SMILES string of the molecule is Cc1ccc(S(=O)(=O)Nc2c(C)cccc2O)cc1F. The first-order valence-electron chi connectivity index (χ1n) is 5.89. The molecule has 20 heavy (non-hydrogen) atoms. The maximum Gasteiger partial charge on any atom is 0.262 e. The molecule has 0 aromatic heterocycles. The van der Waals surface area contributed by atoms with Gasteiger partial charge in [0.05, 0.1) is 10.6 Å². The van der Waals surface area contributed by atoms with E-state index >= 15 is 0 Å². The Morgan fingerprint density at radius 3 is 2.40 bits per heavy atom. The number of aryl methyl sites for hydroxylation is 2.